The number of carbonyl (C=O) groups excluding carboxylic acids is 1. The van der Waals surface area contributed by atoms with Gasteiger partial charge in [-0.15, -0.1) is 11.3 Å². The lowest BCUT2D eigenvalue weighted by Gasteiger charge is -2.23. The Morgan fingerprint density at radius 2 is 2.33 bits per heavy atom. The first kappa shape index (κ1) is 15.1. The van der Waals surface area contributed by atoms with Gasteiger partial charge in [-0.3, -0.25) is 0 Å². The molecule has 2 amide bonds. The molecular formula is C17H18N4O2S. The smallest absolute Gasteiger partial charge is 0.318 e. The zero-order valence-corrected chi connectivity index (χ0v) is 14.2. The van der Waals surface area contributed by atoms with E-state index < -0.39 is 0 Å². The normalized spacial score (nSPS) is 17.5. The number of hydrogen-bond donors (Lipinski definition) is 1. The maximum atomic E-state index is 12.6. The van der Waals surface area contributed by atoms with E-state index >= 15 is 0 Å². The van der Waals surface area contributed by atoms with Gasteiger partial charge in [0.05, 0.1) is 28.5 Å². The number of likely N-dealkylation sites (tertiary alicyclic amines) is 1. The Morgan fingerprint density at radius 1 is 1.46 bits per heavy atom. The number of fused-ring (bicyclic) bond motifs is 1. The number of amides is 2. The number of hydrogen-bond acceptors (Lipinski definition) is 5. The maximum absolute atomic E-state index is 12.6. The standard InChI is InChI=1S/C17H18N4O2S/c1-11-9-12(23-20-11)10-18-17(22)21-8-4-6-14(21)16-19-13-5-2-3-7-15(13)24-16/h2-3,5,7,9,14H,4,6,8,10H2,1H3,(H,18,22)/t14-/m1/s1. The fraction of sp³-hybridized carbons (Fsp3) is 0.353. The van der Waals surface area contributed by atoms with Gasteiger partial charge in [0.25, 0.3) is 0 Å². The summed E-state index contributed by atoms with van der Waals surface area (Å²) in [6.45, 7) is 2.96. The van der Waals surface area contributed by atoms with E-state index in [1.807, 2.05) is 36.1 Å². The number of urea groups is 1. The van der Waals surface area contributed by atoms with Crippen LogP contribution < -0.4 is 5.32 Å². The summed E-state index contributed by atoms with van der Waals surface area (Å²) in [5.74, 6) is 0.664. The van der Waals surface area contributed by atoms with Crippen molar-refractivity contribution in [3.05, 3.63) is 46.8 Å². The number of aromatic nitrogens is 2. The Bertz CT molecular complexity index is 839. The summed E-state index contributed by atoms with van der Waals surface area (Å²) in [6.07, 6.45) is 1.95. The van der Waals surface area contributed by atoms with Crippen molar-refractivity contribution in [2.24, 2.45) is 0 Å². The van der Waals surface area contributed by atoms with Crippen molar-refractivity contribution in [3.8, 4) is 0 Å². The summed E-state index contributed by atoms with van der Waals surface area (Å²) in [5.41, 5.74) is 1.81. The highest BCUT2D eigenvalue weighted by molar-refractivity contribution is 7.18. The summed E-state index contributed by atoms with van der Waals surface area (Å²) in [6, 6.07) is 9.90. The minimum Gasteiger partial charge on any atom is -0.359 e. The molecule has 0 radical (unpaired) electrons. The predicted molar refractivity (Wildman–Crippen MR) is 91.8 cm³/mol. The lowest BCUT2D eigenvalue weighted by Crippen LogP contribution is -2.39. The third kappa shape index (κ3) is 2.87. The van der Waals surface area contributed by atoms with Crippen molar-refractivity contribution >= 4 is 27.6 Å². The van der Waals surface area contributed by atoms with E-state index in [2.05, 4.69) is 16.5 Å². The molecule has 0 aliphatic carbocycles. The van der Waals surface area contributed by atoms with Crippen LogP contribution in [0.4, 0.5) is 4.79 Å². The highest BCUT2D eigenvalue weighted by Crippen LogP contribution is 2.36. The van der Waals surface area contributed by atoms with E-state index in [-0.39, 0.29) is 12.1 Å². The van der Waals surface area contributed by atoms with Crippen LogP contribution in [0, 0.1) is 6.92 Å². The van der Waals surface area contributed by atoms with Crippen LogP contribution in [0.3, 0.4) is 0 Å². The lowest BCUT2D eigenvalue weighted by atomic mass is 10.2. The third-order valence-corrected chi connectivity index (χ3v) is 5.34. The number of aryl methyl sites for hydroxylation is 1. The van der Waals surface area contributed by atoms with Crippen molar-refractivity contribution in [2.45, 2.75) is 32.4 Å². The SMILES string of the molecule is Cc1cc(CNC(=O)N2CCC[C@@H]2c2nc3ccccc3s2)on1. The van der Waals surface area contributed by atoms with E-state index in [1.165, 1.54) is 0 Å². The molecule has 6 nitrogen and oxygen atoms in total. The fourth-order valence-corrected chi connectivity index (χ4v) is 4.18. The molecule has 1 atom stereocenters. The van der Waals surface area contributed by atoms with Gasteiger partial charge in [-0.2, -0.15) is 0 Å². The van der Waals surface area contributed by atoms with E-state index in [0.29, 0.717) is 12.3 Å². The average molecular weight is 342 g/mol. The van der Waals surface area contributed by atoms with Crippen LogP contribution in [0.25, 0.3) is 10.2 Å². The summed E-state index contributed by atoms with van der Waals surface area (Å²) >= 11 is 1.67. The first-order valence-corrected chi connectivity index (χ1v) is 8.84. The monoisotopic (exact) mass is 342 g/mol. The molecule has 3 aromatic rings. The third-order valence-electron chi connectivity index (χ3n) is 4.20. The van der Waals surface area contributed by atoms with Crippen LogP contribution in [-0.4, -0.2) is 27.6 Å². The van der Waals surface area contributed by atoms with Gasteiger partial charge < -0.3 is 14.7 Å². The zero-order chi connectivity index (χ0) is 16.5. The molecule has 0 bridgehead atoms. The van der Waals surface area contributed by atoms with Gasteiger partial charge in [0.1, 0.15) is 5.01 Å². The molecule has 0 saturated carbocycles. The minimum atomic E-state index is -0.0780. The van der Waals surface area contributed by atoms with Crippen LogP contribution in [0.2, 0.25) is 0 Å². The van der Waals surface area contributed by atoms with Crippen molar-refractivity contribution in [1.29, 1.82) is 0 Å². The fourth-order valence-electron chi connectivity index (χ4n) is 3.06. The minimum absolute atomic E-state index is 0.0545. The largest absolute Gasteiger partial charge is 0.359 e. The molecule has 1 fully saturated rings. The molecule has 1 aromatic carbocycles. The zero-order valence-electron chi connectivity index (χ0n) is 13.4. The summed E-state index contributed by atoms with van der Waals surface area (Å²) < 4.78 is 6.30. The van der Waals surface area contributed by atoms with Gasteiger partial charge in [0, 0.05) is 12.6 Å². The Kier molecular flexibility index (Phi) is 3.93. The number of nitrogens with one attached hydrogen (secondary N) is 1. The number of carbonyl (C=O) groups is 1. The molecular weight excluding hydrogens is 324 g/mol. The molecule has 1 N–H and O–H groups in total. The van der Waals surface area contributed by atoms with E-state index in [1.54, 1.807) is 11.3 Å². The average Bonchev–Trinajstić information content (AvgIpc) is 3.30. The molecule has 0 unspecified atom stereocenters. The molecule has 4 rings (SSSR count). The summed E-state index contributed by atoms with van der Waals surface area (Å²) in [4.78, 5) is 19.1. The summed E-state index contributed by atoms with van der Waals surface area (Å²) in [7, 11) is 0. The van der Waals surface area contributed by atoms with Crippen LogP contribution in [0.1, 0.15) is 35.3 Å². The molecule has 7 heteroatoms. The van der Waals surface area contributed by atoms with E-state index in [9.17, 15) is 4.79 Å². The molecule has 0 spiro atoms. The van der Waals surface area contributed by atoms with Crippen LogP contribution in [-0.2, 0) is 6.54 Å². The Morgan fingerprint density at radius 3 is 3.12 bits per heavy atom. The van der Waals surface area contributed by atoms with Crippen molar-refractivity contribution in [2.75, 3.05) is 6.54 Å². The van der Waals surface area contributed by atoms with Gasteiger partial charge in [-0.1, -0.05) is 17.3 Å². The Balaban J connectivity index is 1.48. The quantitative estimate of drug-likeness (QED) is 0.789. The van der Waals surface area contributed by atoms with Crippen LogP contribution in [0.5, 0.6) is 0 Å². The van der Waals surface area contributed by atoms with Crippen LogP contribution in [0.15, 0.2) is 34.9 Å². The van der Waals surface area contributed by atoms with Gasteiger partial charge in [0.15, 0.2) is 5.76 Å². The first-order chi connectivity index (χ1) is 11.7. The lowest BCUT2D eigenvalue weighted by molar-refractivity contribution is 0.191. The molecule has 1 aliphatic rings. The molecule has 124 valence electrons. The van der Waals surface area contributed by atoms with Gasteiger partial charge in [-0.05, 0) is 31.9 Å². The second-order valence-electron chi connectivity index (χ2n) is 5.96. The molecule has 1 saturated heterocycles. The summed E-state index contributed by atoms with van der Waals surface area (Å²) in [5, 5.41) is 7.76. The highest BCUT2D eigenvalue weighted by atomic mass is 32.1. The van der Waals surface area contributed by atoms with E-state index in [4.69, 9.17) is 9.51 Å². The van der Waals surface area contributed by atoms with Crippen LogP contribution >= 0.6 is 11.3 Å². The molecule has 3 heterocycles. The number of para-hydroxylation sites is 1. The number of thiazole rings is 1. The number of benzene rings is 1. The van der Waals surface area contributed by atoms with Gasteiger partial charge in [0.2, 0.25) is 0 Å². The van der Waals surface area contributed by atoms with E-state index in [0.717, 1.165) is 40.3 Å². The Hall–Kier alpha value is -2.41. The molecule has 1 aliphatic heterocycles. The molecule has 2 aromatic heterocycles. The number of nitrogens with zero attached hydrogens (tertiary/aromatic N) is 3. The van der Waals surface area contributed by atoms with Gasteiger partial charge in [-0.25, -0.2) is 9.78 Å². The Labute approximate surface area is 143 Å². The second kappa shape index (κ2) is 6.24. The topological polar surface area (TPSA) is 71.3 Å². The predicted octanol–water partition coefficient (Wildman–Crippen LogP) is 3.64. The highest BCUT2D eigenvalue weighted by Gasteiger charge is 2.32. The van der Waals surface area contributed by atoms with Crippen molar-refractivity contribution < 1.29 is 9.32 Å². The van der Waals surface area contributed by atoms with Crippen molar-refractivity contribution in [1.82, 2.24) is 20.4 Å². The van der Waals surface area contributed by atoms with Crippen molar-refractivity contribution in [3.63, 3.8) is 0 Å². The molecule has 24 heavy (non-hydrogen) atoms. The van der Waals surface area contributed by atoms with Gasteiger partial charge >= 0.3 is 6.03 Å². The first-order valence-electron chi connectivity index (χ1n) is 8.03. The number of rotatable bonds is 3. The maximum Gasteiger partial charge on any atom is 0.318 e. The second-order valence-corrected chi connectivity index (χ2v) is 7.03.